The lowest BCUT2D eigenvalue weighted by Crippen LogP contribution is -2.51. The zero-order valence-electron chi connectivity index (χ0n) is 16.1. The Bertz CT molecular complexity index is 718. The van der Waals surface area contributed by atoms with Crippen molar-refractivity contribution in [3.63, 3.8) is 0 Å². The first kappa shape index (κ1) is 20.3. The van der Waals surface area contributed by atoms with Crippen molar-refractivity contribution in [3.8, 4) is 5.75 Å². The molecule has 2 aromatic carbocycles. The molecule has 2 aromatic rings. The van der Waals surface area contributed by atoms with E-state index in [1.54, 1.807) is 0 Å². The molecule has 1 heterocycles. The van der Waals surface area contributed by atoms with E-state index in [1.807, 2.05) is 65.6 Å². The summed E-state index contributed by atoms with van der Waals surface area (Å²) in [5.74, 6) is 0.843. The third kappa shape index (κ3) is 6.05. The number of aliphatic hydroxyl groups is 1. The molecular weight excluding hydrogens is 354 g/mol. The van der Waals surface area contributed by atoms with Crippen LogP contribution < -0.4 is 10.5 Å². The van der Waals surface area contributed by atoms with Crippen LogP contribution in [0.3, 0.4) is 0 Å². The summed E-state index contributed by atoms with van der Waals surface area (Å²) in [7, 11) is 0. The number of rotatable bonds is 8. The third-order valence-corrected chi connectivity index (χ3v) is 5.00. The van der Waals surface area contributed by atoms with E-state index in [1.165, 1.54) is 0 Å². The van der Waals surface area contributed by atoms with Crippen molar-refractivity contribution in [1.29, 1.82) is 0 Å². The zero-order valence-corrected chi connectivity index (χ0v) is 16.1. The molecule has 1 amide bonds. The van der Waals surface area contributed by atoms with Gasteiger partial charge in [0.15, 0.2) is 0 Å². The average molecular weight is 383 g/mol. The fraction of sp³-hybridized carbons (Fsp3) is 0.409. The quantitative estimate of drug-likeness (QED) is 0.725. The summed E-state index contributed by atoms with van der Waals surface area (Å²) >= 11 is 0. The van der Waals surface area contributed by atoms with Gasteiger partial charge in [-0.3, -0.25) is 9.69 Å². The zero-order chi connectivity index (χ0) is 19.8. The van der Waals surface area contributed by atoms with Crippen molar-refractivity contribution in [3.05, 3.63) is 66.2 Å². The second kappa shape index (κ2) is 10.2. The van der Waals surface area contributed by atoms with E-state index >= 15 is 0 Å². The van der Waals surface area contributed by atoms with E-state index in [0.717, 1.165) is 24.4 Å². The smallest absolute Gasteiger partial charge is 0.224 e. The predicted molar refractivity (Wildman–Crippen MR) is 109 cm³/mol. The van der Waals surface area contributed by atoms with Gasteiger partial charge >= 0.3 is 0 Å². The lowest BCUT2D eigenvalue weighted by molar-refractivity contribution is -0.133. The summed E-state index contributed by atoms with van der Waals surface area (Å²) in [4.78, 5) is 16.6. The summed E-state index contributed by atoms with van der Waals surface area (Å²) in [6.45, 7) is 3.61. The van der Waals surface area contributed by atoms with E-state index in [0.29, 0.717) is 26.1 Å². The van der Waals surface area contributed by atoms with Gasteiger partial charge in [-0.2, -0.15) is 0 Å². The minimum atomic E-state index is -0.561. The molecule has 3 N–H and O–H groups in total. The largest absolute Gasteiger partial charge is 0.491 e. The molecule has 0 radical (unpaired) electrons. The third-order valence-electron chi connectivity index (χ3n) is 5.00. The van der Waals surface area contributed by atoms with Gasteiger partial charge in [-0.1, -0.05) is 48.5 Å². The summed E-state index contributed by atoms with van der Waals surface area (Å²) in [6, 6.07) is 18.9. The summed E-state index contributed by atoms with van der Waals surface area (Å²) in [5.41, 5.74) is 7.15. The normalized spacial score (nSPS) is 17.1. The Kier molecular flexibility index (Phi) is 7.42. The van der Waals surface area contributed by atoms with Gasteiger partial charge in [0.2, 0.25) is 5.91 Å². The molecule has 0 saturated carbocycles. The van der Waals surface area contributed by atoms with Gasteiger partial charge in [0.05, 0.1) is 0 Å². The number of piperazine rings is 1. The molecule has 2 atom stereocenters. The number of hydrogen-bond acceptors (Lipinski definition) is 5. The number of hydrogen-bond donors (Lipinski definition) is 2. The van der Waals surface area contributed by atoms with E-state index in [2.05, 4.69) is 4.90 Å². The molecule has 1 fully saturated rings. The summed E-state index contributed by atoms with van der Waals surface area (Å²) in [6.07, 6.45) is -0.244. The van der Waals surface area contributed by atoms with Crippen LogP contribution in [0.4, 0.5) is 0 Å². The highest BCUT2D eigenvalue weighted by atomic mass is 16.5. The molecule has 6 heteroatoms. The Labute approximate surface area is 166 Å². The Balaban J connectivity index is 1.37. The van der Waals surface area contributed by atoms with E-state index in [-0.39, 0.29) is 18.6 Å². The molecule has 2 unspecified atom stereocenters. The standard InChI is InChI=1S/C22H29N3O3/c23-21(18-7-3-1-4-8-18)15-22(27)25-13-11-24(12-14-25)16-19(26)17-28-20-9-5-2-6-10-20/h1-10,19,21,26H,11-17,23H2. The number of benzene rings is 2. The number of carbonyl (C=O) groups is 1. The molecule has 1 aliphatic heterocycles. The highest BCUT2D eigenvalue weighted by Crippen LogP contribution is 2.16. The van der Waals surface area contributed by atoms with Crippen LogP contribution in [0.1, 0.15) is 18.0 Å². The lowest BCUT2D eigenvalue weighted by atomic mass is 10.0. The Hall–Kier alpha value is -2.41. The Morgan fingerprint density at radius 3 is 2.25 bits per heavy atom. The van der Waals surface area contributed by atoms with Crippen molar-refractivity contribution in [1.82, 2.24) is 9.80 Å². The predicted octanol–water partition coefficient (Wildman–Crippen LogP) is 1.66. The molecule has 6 nitrogen and oxygen atoms in total. The number of nitrogens with zero attached hydrogens (tertiary/aromatic N) is 2. The van der Waals surface area contributed by atoms with Gasteiger partial charge in [0, 0.05) is 45.2 Å². The highest BCUT2D eigenvalue weighted by molar-refractivity contribution is 5.77. The first-order valence-electron chi connectivity index (χ1n) is 9.78. The number of amides is 1. The Morgan fingerprint density at radius 1 is 1.00 bits per heavy atom. The van der Waals surface area contributed by atoms with Crippen LogP contribution in [0.15, 0.2) is 60.7 Å². The van der Waals surface area contributed by atoms with Crippen LogP contribution >= 0.6 is 0 Å². The van der Waals surface area contributed by atoms with Crippen LogP contribution in [-0.2, 0) is 4.79 Å². The molecule has 28 heavy (non-hydrogen) atoms. The summed E-state index contributed by atoms with van der Waals surface area (Å²) < 4.78 is 5.60. The summed E-state index contributed by atoms with van der Waals surface area (Å²) in [5, 5.41) is 10.2. The Morgan fingerprint density at radius 2 is 1.61 bits per heavy atom. The van der Waals surface area contributed by atoms with Crippen LogP contribution in [0.25, 0.3) is 0 Å². The first-order valence-corrected chi connectivity index (χ1v) is 9.78. The molecule has 150 valence electrons. The molecule has 0 aromatic heterocycles. The molecule has 1 aliphatic rings. The van der Waals surface area contributed by atoms with Crippen LogP contribution in [0.5, 0.6) is 5.75 Å². The molecule has 1 saturated heterocycles. The maximum absolute atomic E-state index is 12.5. The van der Waals surface area contributed by atoms with Crippen molar-refractivity contribution < 1.29 is 14.6 Å². The first-order chi connectivity index (χ1) is 13.6. The maximum atomic E-state index is 12.5. The maximum Gasteiger partial charge on any atom is 0.224 e. The SMILES string of the molecule is NC(CC(=O)N1CCN(CC(O)COc2ccccc2)CC1)c1ccccc1. The van der Waals surface area contributed by atoms with Gasteiger partial charge < -0.3 is 20.5 Å². The van der Waals surface area contributed by atoms with Gasteiger partial charge in [0.1, 0.15) is 18.5 Å². The number of carbonyl (C=O) groups excluding carboxylic acids is 1. The number of para-hydroxylation sites is 1. The van der Waals surface area contributed by atoms with Gasteiger partial charge in [-0.25, -0.2) is 0 Å². The van der Waals surface area contributed by atoms with Crippen LogP contribution in [0.2, 0.25) is 0 Å². The number of nitrogens with two attached hydrogens (primary N) is 1. The highest BCUT2D eigenvalue weighted by Gasteiger charge is 2.24. The molecule has 0 spiro atoms. The van der Waals surface area contributed by atoms with Crippen molar-refractivity contribution in [2.75, 3.05) is 39.3 Å². The average Bonchev–Trinajstić information content (AvgIpc) is 2.74. The van der Waals surface area contributed by atoms with E-state index < -0.39 is 6.10 Å². The van der Waals surface area contributed by atoms with E-state index in [9.17, 15) is 9.90 Å². The molecular formula is C22H29N3O3. The van der Waals surface area contributed by atoms with Crippen molar-refractivity contribution in [2.45, 2.75) is 18.6 Å². The minimum absolute atomic E-state index is 0.0870. The molecule has 0 aliphatic carbocycles. The molecule has 0 bridgehead atoms. The van der Waals surface area contributed by atoms with Gasteiger partial charge in [0.25, 0.3) is 0 Å². The number of β-amino-alcohol motifs (C(OH)–C–C–N with tert-alkyl or cyclic N) is 1. The second-order valence-electron chi connectivity index (χ2n) is 7.18. The monoisotopic (exact) mass is 383 g/mol. The molecule has 3 rings (SSSR count). The van der Waals surface area contributed by atoms with Gasteiger partial charge in [-0.15, -0.1) is 0 Å². The van der Waals surface area contributed by atoms with Crippen molar-refractivity contribution >= 4 is 5.91 Å². The van der Waals surface area contributed by atoms with Crippen molar-refractivity contribution in [2.24, 2.45) is 5.73 Å². The fourth-order valence-electron chi connectivity index (χ4n) is 3.38. The van der Waals surface area contributed by atoms with Gasteiger partial charge in [-0.05, 0) is 17.7 Å². The second-order valence-corrected chi connectivity index (χ2v) is 7.18. The van der Waals surface area contributed by atoms with Crippen LogP contribution in [0, 0.1) is 0 Å². The topological polar surface area (TPSA) is 79.0 Å². The number of aliphatic hydroxyl groups excluding tert-OH is 1. The van der Waals surface area contributed by atoms with Crippen LogP contribution in [-0.4, -0.2) is 66.2 Å². The van der Waals surface area contributed by atoms with E-state index in [4.69, 9.17) is 10.5 Å². The minimum Gasteiger partial charge on any atom is -0.491 e. The number of ether oxygens (including phenoxy) is 1. The fourth-order valence-corrected chi connectivity index (χ4v) is 3.38. The lowest BCUT2D eigenvalue weighted by Gasteiger charge is -2.36.